The van der Waals surface area contributed by atoms with Crippen LogP contribution in [-0.4, -0.2) is 64.1 Å². The zero-order valence-corrected chi connectivity index (χ0v) is 15.6. The van der Waals surface area contributed by atoms with Crippen LogP contribution in [0.25, 0.3) is 11.3 Å². The van der Waals surface area contributed by atoms with E-state index in [1.54, 1.807) is 18.4 Å². The maximum atomic E-state index is 11.8. The minimum Gasteiger partial charge on any atom is -0.382 e. The van der Waals surface area contributed by atoms with Crippen LogP contribution in [0.4, 0.5) is 10.8 Å². The number of thiazole rings is 1. The Bertz CT molecular complexity index is 699. The van der Waals surface area contributed by atoms with Gasteiger partial charge in [-0.15, -0.1) is 11.3 Å². The summed E-state index contributed by atoms with van der Waals surface area (Å²) in [6, 6.07) is 7.66. The van der Waals surface area contributed by atoms with E-state index < -0.39 is 0 Å². The summed E-state index contributed by atoms with van der Waals surface area (Å²) in [5.74, 6) is -0.183. The standard InChI is InChI=1S/C18H23N3O4S/c1-23-10-11-25-12-17(22)19-15-4-2-14(3-5-15)16-13-26-18(20-16)21-6-8-24-9-7-21/h2-5,13H,6-12H2,1H3,(H,19,22). The molecule has 1 saturated heterocycles. The van der Waals surface area contributed by atoms with Crippen LogP contribution in [0.1, 0.15) is 0 Å². The molecule has 2 heterocycles. The lowest BCUT2D eigenvalue weighted by molar-refractivity contribution is -0.121. The summed E-state index contributed by atoms with van der Waals surface area (Å²) in [7, 11) is 1.59. The Morgan fingerprint density at radius 3 is 2.77 bits per heavy atom. The summed E-state index contributed by atoms with van der Waals surface area (Å²) in [5.41, 5.74) is 2.70. The third kappa shape index (κ3) is 5.25. The first kappa shape index (κ1) is 18.8. The van der Waals surface area contributed by atoms with E-state index in [0.717, 1.165) is 48.4 Å². The summed E-state index contributed by atoms with van der Waals surface area (Å²) in [4.78, 5) is 18.8. The lowest BCUT2D eigenvalue weighted by Gasteiger charge is -2.26. The molecule has 7 nitrogen and oxygen atoms in total. The first-order valence-electron chi connectivity index (χ1n) is 8.51. The molecule has 0 radical (unpaired) electrons. The molecule has 1 aliphatic heterocycles. The van der Waals surface area contributed by atoms with Gasteiger partial charge in [-0.05, 0) is 12.1 Å². The molecule has 1 fully saturated rings. The highest BCUT2D eigenvalue weighted by atomic mass is 32.1. The summed E-state index contributed by atoms with van der Waals surface area (Å²) in [6.45, 7) is 4.14. The Labute approximate surface area is 156 Å². The molecule has 1 aromatic heterocycles. The second-order valence-corrected chi connectivity index (χ2v) is 6.62. The SMILES string of the molecule is COCCOCC(=O)Nc1ccc(-c2csc(N3CCOCC3)n2)cc1. The Hall–Kier alpha value is -2.00. The number of nitrogens with one attached hydrogen (secondary N) is 1. The van der Waals surface area contributed by atoms with Crippen molar-refractivity contribution >= 4 is 28.1 Å². The number of methoxy groups -OCH3 is 1. The molecule has 8 heteroatoms. The number of rotatable bonds is 8. The zero-order valence-electron chi connectivity index (χ0n) is 14.8. The third-order valence-corrected chi connectivity index (χ3v) is 4.80. The summed E-state index contributed by atoms with van der Waals surface area (Å²) < 4.78 is 15.4. The van der Waals surface area contributed by atoms with Gasteiger partial charge in [-0.3, -0.25) is 4.79 Å². The van der Waals surface area contributed by atoms with Crippen LogP contribution in [0.3, 0.4) is 0 Å². The number of anilines is 2. The van der Waals surface area contributed by atoms with Crippen molar-refractivity contribution in [3.63, 3.8) is 0 Å². The van der Waals surface area contributed by atoms with E-state index in [1.807, 2.05) is 24.3 Å². The molecule has 0 bridgehead atoms. The number of hydrogen-bond acceptors (Lipinski definition) is 7. The summed E-state index contributed by atoms with van der Waals surface area (Å²) in [6.07, 6.45) is 0. The van der Waals surface area contributed by atoms with Crippen molar-refractivity contribution in [2.45, 2.75) is 0 Å². The maximum absolute atomic E-state index is 11.8. The predicted octanol–water partition coefficient (Wildman–Crippen LogP) is 2.25. The topological polar surface area (TPSA) is 72.9 Å². The van der Waals surface area contributed by atoms with Crippen molar-refractivity contribution < 1.29 is 19.0 Å². The average molecular weight is 377 g/mol. The molecule has 0 aliphatic carbocycles. The Balaban J connectivity index is 1.54. The molecule has 140 valence electrons. The number of nitrogens with zero attached hydrogens (tertiary/aromatic N) is 2. The van der Waals surface area contributed by atoms with Crippen LogP contribution in [-0.2, 0) is 19.0 Å². The lowest BCUT2D eigenvalue weighted by Crippen LogP contribution is -2.36. The van der Waals surface area contributed by atoms with Gasteiger partial charge < -0.3 is 24.4 Å². The molecule has 1 aliphatic rings. The smallest absolute Gasteiger partial charge is 0.250 e. The van der Waals surface area contributed by atoms with Crippen molar-refractivity contribution in [3.8, 4) is 11.3 Å². The van der Waals surface area contributed by atoms with E-state index in [0.29, 0.717) is 13.2 Å². The van der Waals surface area contributed by atoms with Gasteiger partial charge in [-0.2, -0.15) is 0 Å². The van der Waals surface area contributed by atoms with Gasteiger partial charge in [0.2, 0.25) is 5.91 Å². The molecule has 0 unspecified atom stereocenters. The molecule has 0 atom stereocenters. The second kappa shape index (κ2) is 9.63. The molecule has 1 amide bonds. The monoisotopic (exact) mass is 377 g/mol. The van der Waals surface area contributed by atoms with Gasteiger partial charge in [-0.25, -0.2) is 4.98 Å². The van der Waals surface area contributed by atoms with Crippen molar-refractivity contribution in [1.29, 1.82) is 0 Å². The third-order valence-electron chi connectivity index (χ3n) is 3.90. The average Bonchev–Trinajstić information content (AvgIpc) is 3.17. The fourth-order valence-corrected chi connectivity index (χ4v) is 3.41. The van der Waals surface area contributed by atoms with E-state index in [4.69, 9.17) is 19.2 Å². The number of benzene rings is 1. The molecule has 1 N–H and O–H groups in total. The number of carbonyl (C=O) groups is 1. The minimum absolute atomic E-state index is 0.0140. The van der Waals surface area contributed by atoms with Crippen molar-refractivity contribution in [2.24, 2.45) is 0 Å². The van der Waals surface area contributed by atoms with Gasteiger partial charge in [0, 0.05) is 36.8 Å². The van der Waals surface area contributed by atoms with Crippen LogP contribution < -0.4 is 10.2 Å². The van der Waals surface area contributed by atoms with E-state index in [-0.39, 0.29) is 12.5 Å². The van der Waals surface area contributed by atoms with Gasteiger partial charge in [0.15, 0.2) is 5.13 Å². The van der Waals surface area contributed by atoms with Crippen LogP contribution in [0.5, 0.6) is 0 Å². The van der Waals surface area contributed by atoms with Crippen LogP contribution in [0.2, 0.25) is 0 Å². The first-order chi connectivity index (χ1) is 12.8. The quantitative estimate of drug-likeness (QED) is 0.712. The number of carbonyl (C=O) groups excluding carboxylic acids is 1. The van der Waals surface area contributed by atoms with Crippen molar-refractivity contribution in [2.75, 3.05) is 63.5 Å². The van der Waals surface area contributed by atoms with Crippen molar-refractivity contribution in [3.05, 3.63) is 29.6 Å². The van der Waals surface area contributed by atoms with Gasteiger partial charge in [0.1, 0.15) is 6.61 Å². The normalized spacial score (nSPS) is 14.4. The van der Waals surface area contributed by atoms with Gasteiger partial charge in [-0.1, -0.05) is 12.1 Å². The molecule has 26 heavy (non-hydrogen) atoms. The largest absolute Gasteiger partial charge is 0.382 e. The Kier molecular flexibility index (Phi) is 6.96. The zero-order chi connectivity index (χ0) is 18.2. The van der Waals surface area contributed by atoms with Crippen LogP contribution in [0, 0.1) is 0 Å². The molecule has 2 aromatic rings. The highest BCUT2D eigenvalue weighted by Crippen LogP contribution is 2.28. The Morgan fingerprint density at radius 1 is 1.27 bits per heavy atom. The van der Waals surface area contributed by atoms with Crippen molar-refractivity contribution in [1.82, 2.24) is 4.98 Å². The molecular weight excluding hydrogens is 354 g/mol. The predicted molar refractivity (Wildman–Crippen MR) is 102 cm³/mol. The van der Waals surface area contributed by atoms with Gasteiger partial charge in [0.05, 0.1) is 32.1 Å². The lowest BCUT2D eigenvalue weighted by atomic mass is 10.1. The second-order valence-electron chi connectivity index (χ2n) is 5.79. The summed E-state index contributed by atoms with van der Waals surface area (Å²) in [5, 5.41) is 5.89. The fraction of sp³-hybridized carbons (Fsp3) is 0.444. The highest BCUT2D eigenvalue weighted by molar-refractivity contribution is 7.14. The van der Waals surface area contributed by atoms with E-state index >= 15 is 0 Å². The molecule has 0 saturated carbocycles. The molecule has 0 spiro atoms. The van der Waals surface area contributed by atoms with E-state index in [2.05, 4.69) is 15.6 Å². The fourth-order valence-electron chi connectivity index (χ4n) is 2.53. The number of hydrogen-bond donors (Lipinski definition) is 1. The van der Waals surface area contributed by atoms with Crippen LogP contribution in [0.15, 0.2) is 29.6 Å². The van der Waals surface area contributed by atoms with Gasteiger partial charge in [0.25, 0.3) is 0 Å². The van der Waals surface area contributed by atoms with E-state index in [1.165, 1.54) is 0 Å². The molecular formula is C18H23N3O4S. The number of amides is 1. The Morgan fingerprint density at radius 2 is 2.04 bits per heavy atom. The first-order valence-corrected chi connectivity index (χ1v) is 9.39. The molecule has 3 rings (SSSR count). The number of morpholine rings is 1. The number of aromatic nitrogens is 1. The highest BCUT2D eigenvalue weighted by Gasteiger charge is 2.15. The maximum Gasteiger partial charge on any atom is 0.250 e. The van der Waals surface area contributed by atoms with Gasteiger partial charge >= 0.3 is 0 Å². The molecule has 1 aromatic carbocycles. The summed E-state index contributed by atoms with van der Waals surface area (Å²) >= 11 is 1.64. The number of ether oxygens (including phenoxy) is 3. The van der Waals surface area contributed by atoms with Crippen LogP contribution >= 0.6 is 11.3 Å². The van der Waals surface area contributed by atoms with E-state index in [9.17, 15) is 4.79 Å². The minimum atomic E-state index is -0.183.